The largest absolute Gasteiger partial charge is 0.409 e. The van der Waals surface area contributed by atoms with Crippen molar-refractivity contribution in [2.75, 3.05) is 20.8 Å². The Kier molecular flexibility index (Phi) is 7.29. The van der Waals surface area contributed by atoms with Crippen LogP contribution in [0.25, 0.3) is 0 Å². The first-order valence-electron chi connectivity index (χ1n) is 5.63. The van der Waals surface area contributed by atoms with Gasteiger partial charge in [0, 0.05) is 39.6 Å². The average Bonchev–Trinajstić information content (AvgIpc) is 2.27. The second kappa shape index (κ2) is 7.89. The third-order valence-corrected chi connectivity index (χ3v) is 2.66. The van der Waals surface area contributed by atoms with Gasteiger partial charge in [0.15, 0.2) is 0 Å². The number of carbonyl (C=O) groups excluding carboxylic acids is 1. The maximum atomic E-state index is 11.9. The molecule has 0 bridgehead atoms. The van der Waals surface area contributed by atoms with E-state index in [0.29, 0.717) is 19.4 Å². The maximum absolute atomic E-state index is 11.9. The van der Waals surface area contributed by atoms with Crippen molar-refractivity contribution in [2.24, 2.45) is 16.8 Å². The first-order valence-corrected chi connectivity index (χ1v) is 5.63. The summed E-state index contributed by atoms with van der Waals surface area (Å²) in [5.74, 6) is 0.348. The van der Waals surface area contributed by atoms with E-state index in [0.717, 1.165) is 0 Å². The van der Waals surface area contributed by atoms with Crippen molar-refractivity contribution >= 4 is 11.7 Å². The molecule has 6 nitrogen and oxygen atoms in total. The fourth-order valence-corrected chi connectivity index (χ4v) is 1.51. The summed E-state index contributed by atoms with van der Waals surface area (Å²) in [7, 11) is 3.34. The lowest BCUT2D eigenvalue weighted by atomic mass is 10.1. The summed E-state index contributed by atoms with van der Waals surface area (Å²) < 4.78 is 4.98. The van der Waals surface area contributed by atoms with Crippen molar-refractivity contribution < 1.29 is 14.7 Å². The normalized spacial score (nSPS) is 15.4. The molecule has 6 heteroatoms. The molecule has 3 N–H and O–H groups in total. The van der Waals surface area contributed by atoms with Gasteiger partial charge in [0.05, 0.1) is 0 Å². The molecule has 0 rings (SSSR count). The van der Waals surface area contributed by atoms with Gasteiger partial charge in [0.1, 0.15) is 5.84 Å². The van der Waals surface area contributed by atoms with Crippen LogP contribution in [-0.4, -0.2) is 48.7 Å². The van der Waals surface area contributed by atoms with E-state index >= 15 is 0 Å². The highest BCUT2D eigenvalue weighted by Gasteiger charge is 2.19. The van der Waals surface area contributed by atoms with Crippen molar-refractivity contribution in [2.45, 2.75) is 32.7 Å². The second-order valence-corrected chi connectivity index (χ2v) is 4.41. The van der Waals surface area contributed by atoms with Crippen molar-refractivity contribution in [3.05, 3.63) is 0 Å². The van der Waals surface area contributed by atoms with Crippen LogP contribution in [-0.2, 0) is 9.53 Å². The van der Waals surface area contributed by atoms with E-state index in [-0.39, 0.29) is 23.7 Å². The van der Waals surface area contributed by atoms with Crippen molar-refractivity contribution in [3.8, 4) is 0 Å². The summed E-state index contributed by atoms with van der Waals surface area (Å²) in [6.07, 6.45) is 0.794. The molecule has 0 aromatic heterocycles. The van der Waals surface area contributed by atoms with E-state index in [1.807, 2.05) is 13.8 Å². The number of nitrogens with zero attached hydrogens (tertiary/aromatic N) is 2. The van der Waals surface area contributed by atoms with Crippen LogP contribution in [0, 0.1) is 5.92 Å². The third-order valence-electron chi connectivity index (χ3n) is 2.66. The summed E-state index contributed by atoms with van der Waals surface area (Å²) in [6, 6.07) is -0.0897. The Labute approximate surface area is 102 Å². The standard InChI is InChI=1S/C11H23N3O3/c1-8(7-17-4)5-11(15)14(3)9(2)6-10(12)13-16/h8-9,16H,5-7H2,1-4H3,(H2,12,13). The van der Waals surface area contributed by atoms with E-state index in [4.69, 9.17) is 15.7 Å². The lowest BCUT2D eigenvalue weighted by Crippen LogP contribution is -2.38. The highest BCUT2D eigenvalue weighted by Crippen LogP contribution is 2.09. The molecule has 0 aliphatic heterocycles. The number of hydrogen-bond donors (Lipinski definition) is 2. The van der Waals surface area contributed by atoms with E-state index in [1.165, 1.54) is 0 Å². The van der Waals surface area contributed by atoms with Gasteiger partial charge < -0.3 is 20.6 Å². The number of methoxy groups -OCH3 is 1. The topological polar surface area (TPSA) is 88.2 Å². The highest BCUT2D eigenvalue weighted by atomic mass is 16.5. The number of ether oxygens (including phenoxy) is 1. The number of rotatable bonds is 7. The molecule has 1 amide bonds. The molecule has 0 saturated heterocycles. The Bertz CT molecular complexity index is 269. The zero-order valence-corrected chi connectivity index (χ0v) is 11.0. The number of nitrogens with two attached hydrogens (primary N) is 1. The predicted octanol–water partition coefficient (Wildman–Crippen LogP) is 0.642. The average molecular weight is 245 g/mol. The number of amides is 1. The van der Waals surface area contributed by atoms with E-state index in [1.54, 1.807) is 19.1 Å². The number of amidine groups is 1. The van der Waals surface area contributed by atoms with Gasteiger partial charge in [-0.05, 0) is 12.8 Å². The molecule has 0 radical (unpaired) electrons. The highest BCUT2D eigenvalue weighted by molar-refractivity contribution is 5.81. The Hall–Kier alpha value is -1.30. The molecular weight excluding hydrogens is 222 g/mol. The number of hydrogen-bond acceptors (Lipinski definition) is 4. The fraction of sp³-hybridized carbons (Fsp3) is 0.818. The van der Waals surface area contributed by atoms with Crippen LogP contribution in [0.3, 0.4) is 0 Å². The van der Waals surface area contributed by atoms with Gasteiger partial charge in [0.2, 0.25) is 5.91 Å². The quantitative estimate of drug-likeness (QED) is 0.298. The van der Waals surface area contributed by atoms with Gasteiger partial charge in [-0.2, -0.15) is 0 Å². The summed E-state index contributed by atoms with van der Waals surface area (Å²) in [4.78, 5) is 13.5. The zero-order chi connectivity index (χ0) is 13.4. The minimum absolute atomic E-state index is 0.0350. The SMILES string of the molecule is COCC(C)CC(=O)N(C)C(C)CC(N)=NO. The first-order chi connectivity index (χ1) is 7.92. The van der Waals surface area contributed by atoms with Crippen molar-refractivity contribution in [3.63, 3.8) is 0 Å². The van der Waals surface area contributed by atoms with E-state index < -0.39 is 0 Å². The minimum Gasteiger partial charge on any atom is -0.409 e. The molecule has 2 atom stereocenters. The molecule has 0 spiro atoms. The third kappa shape index (κ3) is 6.11. The molecule has 0 heterocycles. The van der Waals surface area contributed by atoms with Gasteiger partial charge in [-0.15, -0.1) is 0 Å². The van der Waals surface area contributed by atoms with Crippen molar-refractivity contribution in [1.29, 1.82) is 0 Å². The molecule has 100 valence electrons. The zero-order valence-electron chi connectivity index (χ0n) is 11.0. The second-order valence-electron chi connectivity index (χ2n) is 4.41. The van der Waals surface area contributed by atoms with Gasteiger partial charge in [-0.3, -0.25) is 4.79 Å². The van der Waals surface area contributed by atoms with E-state index in [2.05, 4.69) is 5.16 Å². The molecule has 17 heavy (non-hydrogen) atoms. The van der Waals surface area contributed by atoms with Crippen LogP contribution in [0.2, 0.25) is 0 Å². The molecule has 0 aliphatic rings. The van der Waals surface area contributed by atoms with Crippen LogP contribution >= 0.6 is 0 Å². The van der Waals surface area contributed by atoms with Crippen LogP contribution in [0.5, 0.6) is 0 Å². The molecule has 0 aliphatic carbocycles. The molecule has 2 unspecified atom stereocenters. The molecule has 0 aromatic carbocycles. The lowest BCUT2D eigenvalue weighted by Gasteiger charge is -2.25. The molecule has 0 fully saturated rings. The molecule has 0 saturated carbocycles. The van der Waals surface area contributed by atoms with Crippen LogP contribution in [0.1, 0.15) is 26.7 Å². The van der Waals surface area contributed by atoms with Gasteiger partial charge in [-0.1, -0.05) is 12.1 Å². The smallest absolute Gasteiger partial charge is 0.222 e. The van der Waals surface area contributed by atoms with Crippen LogP contribution < -0.4 is 5.73 Å². The molecular formula is C11H23N3O3. The summed E-state index contributed by atoms with van der Waals surface area (Å²) >= 11 is 0. The predicted molar refractivity (Wildman–Crippen MR) is 65.9 cm³/mol. The summed E-state index contributed by atoms with van der Waals surface area (Å²) in [5.41, 5.74) is 5.40. The Morgan fingerprint density at radius 2 is 2.06 bits per heavy atom. The Morgan fingerprint density at radius 1 is 1.47 bits per heavy atom. The Morgan fingerprint density at radius 3 is 2.53 bits per heavy atom. The van der Waals surface area contributed by atoms with Crippen LogP contribution in [0.15, 0.2) is 5.16 Å². The molecule has 0 aromatic rings. The van der Waals surface area contributed by atoms with Gasteiger partial charge in [-0.25, -0.2) is 0 Å². The first kappa shape index (κ1) is 15.7. The van der Waals surface area contributed by atoms with Gasteiger partial charge >= 0.3 is 0 Å². The Balaban J connectivity index is 4.20. The summed E-state index contributed by atoms with van der Waals surface area (Å²) in [5, 5.41) is 11.4. The monoisotopic (exact) mass is 245 g/mol. The van der Waals surface area contributed by atoms with E-state index in [9.17, 15) is 4.79 Å². The fourth-order valence-electron chi connectivity index (χ4n) is 1.51. The lowest BCUT2D eigenvalue weighted by molar-refractivity contribution is -0.132. The summed E-state index contributed by atoms with van der Waals surface area (Å²) in [6.45, 7) is 4.38. The number of oxime groups is 1. The minimum atomic E-state index is -0.0897. The number of carbonyl (C=O) groups is 1. The maximum Gasteiger partial charge on any atom is 0.222 e. The van der Waals surface area contributed by atoms with Crippen molar-refractivity contribution in [1.82, 2.24) is 4.90 Å². The van der Waals surface area contributed by atoms with Crippen LogP contribution in [0.4, 0.5) is 0 Å². The van der Waals surface area contributed by atoms with Gasteiger partial charge in [0.25, 0.3) is 0 Å².